The highest BCUT2D eigenvalue weighted by molar-refractivity contribution is 7.13. The average Bonchev–Trinajstić information content (AvgIpc) is 3.09. The highest BCUT2D eigenvalue weighted by Crippen LogP contribution is 2.26. The van der Waals surface area contributed by atoms with E-state index >= 15 is 0 Å². The Balaban J connectivity index is 1.64. The third kappa shape index (κ3) is 4.06. The number of hydrogen-bond acceptors (Lipinski definition) is 4. The van der Waals surface area contributed by atoms with E-state index in [1.165, 1.54) is 5.56 Å². The largest absolute Gasteiger partial charge is 0.378 e. The molecule has 5 heteroatoms. The molecule has 0 aliphatic heterocycles. The molecule has 0 spiro atoms. The van der Waals surface area contributed by atoms with Crippen molar-refractivity contribution in [3.05, 3.63) is 70.7 Å². The van der Waals surface area contributed by atoms with Crippen LogP contribution in [0, 0.1) is 6.92 Å². The third-order valence-electron chi connectivity index (χ3n) is 4.00. The number of hydrogen-bond donors (Lipinski definition) is 1. The molecule has 0 fully saturated rings. The summed E-state index contributed by atoms with van der Waals surface area (Å²) in [6.07, 6.45) is 0. The summed E-state index contributed by atoms with van der Waals surface area (Å²) in [5.41, 5.74) is 4.94. The van der Waals surface area contributed by atoms with Crippen LogP contribution in [-0.4, -0.2) is 25.0 Å². The lowest BCUT2D eigenvalue weighted by molar-refractivity contribution is 0.0950. The molecule has 1 aromatic heterocycles. The van der Waals surface area contributed by atoms with E-state index in [0.717, 1.165) is 22.0 Å². The van der Waals surface area contributed by atoms with E-state index in [1.807, 2.05) is 60.8 Å². The van der Waals surface area contributed by atoms with Gasteiger partial charge < -0.3 is 10.2 Å². The van der Waals surface area contributed by atoms with Crippen LogP contribution >= 0.6 is 11.3 Å². The predicted octanol–water partition coefficient (Wildman–Crippen LogP) is 4.11. The molecular weight excluding hydrogens is 330 g/mol. The number of aromatic nitrogens is 1. The van der Waals surface area contributed by atoms with Gasteiger partial charge in [0.25, 0.3) is 5.91 Å². The Morgan fingerprint density at radius 3 is 2.52 bits per heavy atom. The zero-order valence-electron chi connectivity index (χ0n) is 14.6. The fourth-order valence-corrected chi connectivity index (χ4v) is 3.42. The zero-order valence-corrected chi connectivity index (χ0v) is 15.4. The minimum absolute atomic E-state index is 0.0873. The van der Waals surface area contributed by atoms with Gasteiger partial charge in [0.15, 0.2) is 0 Å². The Morgan fingerprint density at radius 2 is 1.84 bits per heavy atom. The van der Waals surface area contributed by atoms with E-state index in [4.69, 9.17) is 0 Å². The van der Waals surface area contributed by atoms with Gasteiger partial charge in [0.1, 0.15) is 5.01 Å². The lowest BCUT2D eigenvalue weighted by Gasteiger charge is -2.12. The van der Waals surface area contributed by atoms with Crippen LogP contribution in [-0.2, 0) is 6.54 Å². The number of carbonyl (C=O) groups is 1. The van der Waals surface area contributed by atoms with Crippen molar-refractivity contribution in [2.45, 2.75) is 13.5 Å². The molecule has 0 saturated carbocycles. The molecule has 128 valence electrons. The van der Waals surface area contributed by atoms with Crippen LogP contribution in [0.4, 0.5) is 5.69 Å². The predicted molar refractivity (Wildman–Crippen MR) is 104 cm³/mol. The molecule has 3 aromatic rings. The maximum absolute atomic E-state index is 12.3. The van der Waals surface area contributed by atoms with Crippen molar-refractivity contribution in [2.24, 2.45) is 0 Å². The fourth-order valence-electron chi connectivity index (χ4n) is 2.51. The van der Waals surface area contributed by atoms with Crippen LogP contribution in [0.15, 0.2) is 53.9 Å². The number of aryl methyl sites for hydroxylation is 1. The Hall–Kier alpha value is -2.66. The van der Waals surface area contributed by atoms with Crippen molar-refractivity contribution in [2.75, 3.05) is 19.0 Å². The van der Waals surface area contributed by atoms with Gasteiger partial charge in [-0.15, -0.1) is 11.3 Å². The minimum atomic E-state index is -0.0873. The smallest absolute Gasteiger partial charge is 0.251 e. The van der Waals surface area contributed by atoms with Gasteiger partial charge in [-0.05, 0) is 36.8 Å². The van der Waals surface area contributed by atoms with Crippen LogP contribution < -0.4 is 10.2 Å². The van der Waals surface area contributed by atoms with E-state index in [2.05, 4.69) is 29.4 Å². The first-order valence-corrected chi connectivity index (χ1v) is 8.98. The number of nitrogens with one attached hydrogen (secondary N) is 1. The molecule has 25 heavy (non-hydrogen) atoms. The summed E-state index contributed by atoms with van der Waals surface area (Å²) in [5.74, 6) is -0.0873. The molecule has 0 aliphatic rings. The molecule has 1 amide bonds. The molecule has 0 unspecified atom stereocenters. The van der Waals surface area contributed by atoms with Gasteiger partial charge in [0.05, 0.1) is 12.2 Å². The van der Waals surface area contributed by atoms with Crippen molar-refractivity contribution in [1.82, 2.24) is 10.3 Å². The topological polar surface area (TPSA) is 45.2 Å². The van der Waals surface area contributed by atoms with Gasteiger partial charge in [-0.2, -0.15) is 0 Å². The van der Waals surface area contributed by atoms with Crippen LogP contribution in [0.2, 0.25) is 0 Å². The summed E-state index contributed by atoms with van der Waals surface area (Å²) in [6, 6.07) is 15.7. The maximum Gasteiger partial charge on any atom is 0.251 e. The summed E-state index contributed by atoms with van der Waals surface area (Å²) >= 11 is 1.60. The lowest BCUT2D eigenvalue weighted by atomic mass is 10.1. The van der Waals surface area contributed by atoms with Gasteiger partial charge >= 0.3 is 0 Å². The van der Waals surface area contributed by atoms with Crippen molar-refractivity contribution in [3.8, 4) is 10.6 Å². The number of anilines is 1. The molecule has 0 atom stereocenters. The van der Waals surface area contributed by atoms with Crippen molar-refractivity contribution < 1.29 is 4.79 Å². The summed E-state index contributed by atoms with van der Waals surface area (Å²) in [7, 11) is 3.95. The summed E-state index contributed by atoms with van der Waals surface area (Å²) in [6.45, 7) is 2.51. The SMILES string of the molecule is Cc1ccccc1-c1nc(CNC(=O)c2ccc(N(C)C)cc2)cs1. The first-order chi connectivity index (χ1) is 12.0. The molecule has 4 nitrogen and oxygen atoms in total. The Bertz CT molecular complexity index is 869. The fraction of sp³-hybridized carbons (Fsp3) is 0.200. The lowest BCUT2D eigenvalue weighted by Crippen LogP contribution is -2.23. The van der Waals surface area contributed by atoms with Crippen LogP contribution in [0.25, 0.3) is 10.6 Å². The first-order valence-electron chi connectivity index (χ1n) is 8.10. The van der Waals surface area contributed by atoms with E-state index in [0.29, 0.717) is 12.1 Å². The van der Waals surface area contributed by atoms with Gasteiger partial charge in [-0.1, -0.05) is 24.3 Å². The zero-order chi connectivity index (χ0) is 17.8. The average molecular weight is 351 g/mol. The number of nitrogens with zero attached hydrogens (tertiary/aromatic N) is 2. The number of thiazole rings is 1. The third-order valence-corrected chi connectivity index (χ3v) is 4.93. The highest BCUT2D eigenvalue weighted by atomic mass is 32.1. The quantitative estimate of drug-likeness (QED) is 0.752. The van der Waals surface area contributed by atoms with Gasteiger partial charge in [0.2, 0.25) is 0 Å². The van der Waals surface area contributed by atoms with E-state index in [-0.39, 0.29) is 5.91 Å². The second-order valence-corrected chi connectivity index (χ2v) is 6.94. The number of rotatable bonds is 5. The molecule has 0 bridgehead atoms. The van der Waals surface area contributed by atoms with Gasteiger partial charge in [0, 0.05) is 36.3 Å². The monoisotopic (exact) mass is 351 g/mol. The molecule has 3 rings (SSSR count). The molecule has 0 saturated heterocycles. The molecule has 0 aliphatic carbocycles. The Labute approximate surface area is 152 Å². The number of carbonyl (C=O) groups excluding carboxylic acids is 1. The first kappa shape index (κ1) is 17.2. The van der Waals surface area contributed by atoms with E-state index in [9.17, 15) is 4.79 Å². The molecule has 0 radical (unpaired) electrons. The Morgan fingerprint density at radius 1 is 1.12 bits per heavy atom. The Kier molecular flexibility index (Phi) is 5.14. The second-order valence-electron chi connectivity index (χ2n) is 6.08. The summed E-state index contributed by atoms with van der Waals surface area (Å²) in [5, 5.41) is 5.92. The molecular formula is C20H21N3OS. The van der Waals surface area contributed by atoms with Crippen LogP contribution in [0.3, 0.4) is 0 Å². The molecule has 1 N–H and O–H groups in total. The van der Waals surface area contributed by atoms with E-state index in [1.54, 1.807) is 11.3 Å². The van der Waals surface area contributed by atoms with Crippen molar-refractivity contribution in [1.29, 1.82) is 0 Å². The summed E-state index contributed by atoms with van der Waals surface area (Å²) < 4.78 is 0. The molecule has 2 aromatic carbocycles. The van der Waals surface area contributed by atoms with Crippen molar-refractivity contribution >= 4 is 22.9 Å². The van der Waals surface area contributed by atoms with Gasteiger partial charge in [-0.3, -0.25) is 4.79 Å². The number of benzene rings is 2. The van der Waals surface area contributed by atoms with Crippen LogP contribution in [0.1, 0.15) is 21.6 Å². The minimum Gasteiger partial charge on any atom is -0.378 e. The van der Waals surface area contributed by atoms with Gasteiger partial charge in [-0.25, -0.2) is 4.98 Å². The molecule has 1 heterocycles. The number of amides is 1. The van der Waals surface area contributed by atoms with E-state index < -0.39 is 0 Å². The second kappa shape index (κ2) is 7.49. The standard InChI is InChI=1S/C20H21N3OS/c1-14-6-4-5-7-18(14)20-22-16(13-25-20)12-21-19(24)15-8-10-17(11-9-15)23(2)3/h4-11,13H,12H2,1-3H3,(H,21,24). The maximum atomic E-state index is 12.3. The van der Waals surface area contributed by atoms with Crippen LogP contribution in [0.5, 0.6) is 0 Å². The summed E-state index contributed by atoms with van der Waals surface area (Å²) in [4.78, 5) is 18.9. The van der Waals surface area contributed by atoms with Crippen molar-refractivity contribution in [3.63, 3.8) is 0 Å². The highest BCUT2D eigenvalue weighted by Gasteiger charge is 2.09. The normalized spacial score (nSPS) is 10.5.